The van der Waals surface area contributed by atoms with E-state index in [0.29, 0.717) is 115 Å². The largest absolute Gasteiger partial charge is 0.491 e. The number of aryl methyl sites for hydroxylation is 5. The minimum absolute atomic E-state index is 0.225. The number of ether oxygens (including phenoxy) is 3. The van der Waals surface area contributed by atoms with Crippen LogP contribution in [0.4, 0.5) is 11.9 Å². The third-order valence-corrected chi connectivity index (χ3v) is 10.4. The molecule has 1 fully saturated rings. The molecule has 8 N–H and O–H groups in total. The van der Waals surface area contributed by atoms with Gasteiger partial charge in [-0.25, -0.2) is 9.97 Å². The number of aromatic nitrogens is 8. The lowest BCUT2D eigenvalue weighted by Gasteiger charge is -2.27. The lowest BCUT2D eigenvalue weighted by atomic mass is 10.1. The van der Waals surface area contributed by atoms with E-state index < -0.39 is 12.1 Å². The van der Waals surface area contributed by atoms with E-state index >= 15 is 0 Å². The maximum atomic E-state index is 13.8. The topological polar surface area (TPSA) is 256 Å². The second kappa shape index (κ2) is 15.6. The SMILES string of the molecule is CCn1nc(C)cc1C(=O)Nc1nc2cc(C3OC3N)cc(OCCCN)c2n1CCC[C@H]1COc2cc(C(N)=O)cc3nc(NC(=O)c4cc(C)nn4CC)n1c23. The summed E-state index contributed by atoms with van der Waals surface area (Å²) >= 11 is 0. The number of nitrogens with zero attached hydrogens (tertiary/aromatic N) is 8. The fraction of sp³-hybridized carbons (Fsp3) is 0.410. The van der Waals surface area contributed by atoms with Crippen LogP contribution in [0.2, 0.25) is 0 Å². The molecule has 3 atom stereocenters. The van der Waals surface area contributed by atoms with Crippen molar-refractivity contribution in [3.05, 3.63) is 70.3 Å². The van der Waals surface area contributed by atoms with Crippen LogP contribution < -0.4 is 37.3 Å². The molecule has 1 saturated heterocycles. The second-order valence-electron chi connectivity index (χ2n) is 14.5. The second-order valence-corrected chi connectivity index (χ2v) is 14.5. The first-order valence-electron chi connectivity index (χ1n) is 19.5. The van der Waals surface area contributed by atoms with Gasteiger partial charge < -0.3 is 40.5 Å². The molecule has 8 rings (SSSR count). The summed E-state index contributed by atoms with van der Waals surface area (Å²) in [6.07, 6.45) is 1.02. The van der Waals surface area contributed by atoms with Gasteiger partial charge in [0.1, 0.15) is 52.9 Å². The van der Waals surface area contributed by atoms with Crippen LogP contribution in [0.15, 0.2) is 36.4 Å². The lowest BCUT2D eigenvalue weighted by Crippen LogP contribution is -2.26. The number of carbonyl (C=O) groups excluding carboxylic acids is 3. The number of primary amides is 1. The van der Waals surface area contributed by atoms with E-state index in [2.05, 4.69) is 20.8 Å². The highest BCUT2D eigenvalue weighted by Crippen LogP contribution is 2.42. The minimum atomic E-state index is -0.623. The first kappa shape index (κ1) is 38.6. The number of benzene rings is 2. The molecule has 2 unspecified atom stereocenters. The van der Waals surface area contributed by atoms with Crippen molar-refractivity contribution in [3.63, 3.8) is 0 Å². The lowest BCUT2D eigenvalue weighted by molar-refractivity contribution is 0.0994. The summed E-state index contributed by atoms with van der Waals surface area (Å²) in [6.45, 7) is 9.97. The van der Waals surface area contributed by atoms with Gasteiger partial charge in [0.15, 0.2) is 0 Å². The summed E-state index contributed by atoms with van der Waals surface area (Å²) in [5, 5.41) is 14.9. The summed E-state index contributed by atoms with van der Waals surface area (Å²) < 4.78 is 25.3. The normalized spacial score (nSPS) is 17.1. The Balaban J connectivity index is 1.14. The standard InChI is InChI=1S/C39H47N13O6/c1-5-50-27(13-20(3)47-50)36(54)45-38-43-25-15-22(33-35(42)58-33)17-29(56-12-8-10-40)31(25)49(38)11-7-9-24-19-57-30-18-23(34(41)53)16-26-32(30)52(24)39(44-26)46-37(55)28-14-21(4)48-51(28)6-2/h13-18,24,33,35H,5-12,19,40,42H2,1-4H3,(H2,41,53)(H,43,45,54)(H,44,46,55)/t24-,33?,35?/m0/s1. The van der Waals surface area contributed by atoms with Gasteiger partial charge in [0, 0.05) is 25.2 Å². The maximum absolute atomic E-state index is 13.8. The monoisotopic (exact) mass is 793 g/mol. The molecule has 4 aromatic heterocycles. The van der Waals surface area contributed by atoms with Gasteiger partial charge in [0.2, 0.25) is 17.8 Å². The molecule has 0 spiro atoms. The van der Waals surface area contributed by atoms with Crippen LogP contribution in [0.1, 0.15) is 93.5 Å². The number of epoxide rings is 1. The zero-order chi connectivity index (χ0) is 40.8. The van der Waals surface area contributed by atoms with Gasteiger partial charge in [-0.2, -0.15) is 10.2 Å². The molecule has 3 amide bonds. The number of amides is 3. The number of nitrogens with two attached hydrogens (primary N) is 3. The number of hydrogen-bond acceptors (Lipinski definition) is 12. The van der Waals surface area contributed by atoms with Crippen LogP contribution in [-0.4, -0.2) is 82.4 Å². The zero-order valence-corrected chi connectivity index (χ0v) is 32.8. The van der Waals surface area contributed by atoms with Crippen molar-refractivity contribution in [1.82, 2.24) is 38.7 Å². The predicted molar refractivity (Wildman–Crippen MR) is 214 cm³/mol. The molecule has 58 heavy (non-hydrogen) atoms. The Hall–Kier alpha value is -6.31. The highest BCUT2D eigenvalue weighted by molar-refractivity contribution is 6.05. The van der Waals surface area contributed by atoms with Crippen LogP contribution in [-0.2, 0) is 24.4 Å². The van der Waals surface area contributed by atoms with Gasteiger partial charge in [-0.05, 0) is 95.5 Å². The van der Waals surface area contributed by atoms with Crippen molar-refractivity contribution in [1.29, 1.82) is 0 Å². The molecule has 19 nitrogen and oxygen atoms in total. The number of fused-ring (bicyclic) bond motifs is 1. The van der Waals surface area contributed by atoms with Crippen LogP contribution in [0.3, 0.4) is 0 Å². The Morgan fingerprint density at radius 1 is 0.879 bits per heavy atom. The Labute approximate surface area is 332 Å². The van der Waals surface area contributed by atoms with Crippen molar-refractivity contribution < 1.29 is 28.6 Å². The van der Waals surface area contributed by atoms with Gasteiger partial charge in [-0.15, -0.1) is 0 Å². The van der Waals surface area contributed by atoms with Crippen molar-refractivity contribution in [3.8, 4) is 11.5 Å². The number of hydrogen-bond donors (Lipinski definition) is 5. The Kier molecular flexibility index (Phi) is 10.3. The van der Waals surface area contributed by atoms with Gasteiger partial charge in [0.05, 0.1) is 35.1 Å². The summed E-state index contributed by atoms with van der Waals surface area (Å²) in [6, 6.07) is 10.2. The maximum Gasteiger partial charge on any atom is 0.276 e. The van der Waals surface area contributed by atoms with E-state index in [9.17, 15) is 14.4 Å². The minimum Gasteiger partial charge on any atom is -0.491 e. The van der Waals surface area contributed by atoms with Crippen molar-refractivity contribution in [2.24, 2.45) is 17.2 Å². The van der Waals surface area contributed by atoms with Gasteiger partial charge in [-0.1, -0.05) is 0 Å². The van der Waals surface area contributed by atoms with E-state index in [4.69, 9.17) is 41.4 Å². The van der Waals surface area contributed by atoms with E-state index in [1.54, 1.807) is 33.6 Å². The van der Waals surface area contributed by atoms with E-state index in [1.165, 1.54) is 0 Å². The molecule has 19 heteroatoms. The Morgan fingerprint density at radius 3 is 2.14 bits per heavy atom. The Morgan fingerprint density at radius 2 is 1.52 bits per heavy atom. The number of anilines is 2. The smallest absolute Gasteiger partial charge is 0.276 e. The number of nitrogens with one attached hydrogen (secondary N) is 2. The van der Waals surface area contributed by atoms with Gasteiger partial charge in [-0.3, -0.25) is 34.4 Å². The molecule has 0 radical (unpaired) electrons. The molecule has 2 aliphatic rings. The third-order valence-electron chi connectivity index (χ3n) is 10.4. The van der Waals surface area contributed by atoms with Gasteiger partial charge >= 0.3 is 0 Å². The van der Waals surface area contributed by atoms with E-state index in [-0.39, 0.29) is 36.1 Å². The number of imidazole rings is 2. The molecule has 6 heterocycles. The summed E-state index contributed by atoms with van der Waals surface area (Å²) in [7, 11) is 0. The van der Waals surface area contributed by atoms with Crippen LogP contribution >= 0.6 is 0 Å². The molecule has 0 saturated carbocycles. The molecular formula is C39H47N13O6. The molecule has 2 aliphatic heterocycles. The fourth-order valence-corrected chi connectivity index (χ4v) is 7.61. The average Bonchev–Trinajstić information content (AvgIpc) is 3.51. The molecule has 0 aliphatic carbocycles. The molecular weight excluding hydrogens is 747 g/mol. The van der Waals surface area contributed by atoms with Crippen LogP contribution in [0, 0.1) is 13.8 Å². The summed E-state index contributed by atoms with van der Waals surface area (Å²) in [5.74, 6) is 0.270. The van der Waals surface area contributed by atoms with Crippen molar-refractivity contribution >= 4 is 51.7 Å². The summed E-state index contributed by atoms with van der Waals surface area (Å²) in [5.41, 5.74) is 23.2. The third kappa shape index (κ3) is 7.22. The number of carbonyl (C=O) groups is 3. The molecule has 6 aromatic rings. The number of rotatable bonds is 16. The molecule has 0 bridgehead atoms. The van der Waals surface area contributed by atoms with Crippen LogP contribution in [0.25, 0.3) is 22.1 Å². The quantitative estimate of drug-likeness (QED) is 0.0697. The fourth-order valence-electron chi connectivity index (χ4n) is 7.61. The van der Waals surface area contributed by atoms with E-state index in [1.807, 2.05) is 49.0 Å². The zero-order valence-electron chi connectivity index (χ0n) is 32.8. The first-order chi connectivity index (χ1) is 28.0. The van der Waals surface area contributed by atoms with Crippen LogP contribution in [0.5, 0.6) is 11.5 Å². The highest BCUT2D eigenvalue weighted by atomic mass is 16.6. The van der Waals surface area contributed by atoms with Crippen molar-refractivity contribution in [2.75, 3.05) is 30.4 Å². The van der Waals surface area contributed by atoms with Gasteiger partial charge in [0.25, 0.3) is 11.8 Å². The van der Waals surface area contributed by atoms with E-state index in [0.717, 1.165) is 11.3 Å². The highest BCUT2D eigenvalue weighted by Gasteiger charge is 2.38. The first-order valence-corrected chi connectivity index (χ1v) is 19.5. The molecule has 2 aromatic carbocycles. The van der Waals surface area contributed by atoms with Crippen molar-refractivity contribution in [2.45, 2.75) is 85.0 Å². The predicted octanol–water partition coefficient (Wildman–Crippen LogP) is 3.54. The Bertz CT molecular complexity index is 2570. The molecule has 304 valence electrons. The summed E-state index contributed by atoms with van der Waals surface area (Å²) in [4.78, 5) is 49.4. The average molecular weight is 794 g/mol.